The second-order valence-corrected chi connectivity index (χ2v) is 8.65. The topological polar surface area (TPSA) is 72.5 Å². The number of methoxy groups -OCH3 is 3. The summed E-state index contributed by atoms with van der Waals surface area (Å²) in [5, 5.41) is 7.64. The Hall–Kier alpha value is -2.35. The maximum absolute atomic E-state index is 13.9. The number of aromatic amines is 1. The standard InChI is InChI=1S/C23H33FN4O3/c1-29-19-10-21(31-3)20(30-2)9-16(19)12-28-13-17(11-24)18(14-28)23-25-22(26-27-23)15-7-5-4-6-8-15/h9-10,15,17-18H,4-8,11-14H2,1-3H3,(H,25,26,27)/t17-,18-/m1/s1. The van der Waals surface area contributed by atoms with Gasteiger partial charge in [0.2, 0.25) is 0 Å². The first-order valence-corrected chi connectivity index (χ1v) is 11.2. The SMILES string of the molecule is COc1cc(OC)c(OC)cc1CN1C[C@@H](CF)[C@H](c2nc(C3CCCCC3)n[nH]2)C1. The predicted molar refractivity (Wildman–Crippen MR) is 116 cm³/mol. The molecule has 0 spiro atoms. The van der Waals surface area contributed by atoms with E-state index in [1.807, 2.05) is 12.1 Å². The summed E-state index contributed by atoms with van der Waals surface area (Å²) in [7, 11) is 4.86. The lowest BCUT2D eigenvalue weighted by Gasteiger charge is -2.19. The van der Waals surface area contributed by atoms with Gasteiger partial charge < -0.3 is 14.2 Å². The Morgan fingerprint density at radius 2 is 1.71 bits per heavy atom. The summed E-state index contributed by atoms with van der Waals surface area (Å²) < 4.78 is 30.3. The molecular formula is C23H33FN4O3. The molecule has 2 heterocycles. The minimum Gasteiger partial charge on any atom is -0.496 e. The molecule has 170 valence electrons. The van der Waals surface area contributed by atoms with Gasteiger partial charge in [0.1, 0.15) is 11.6 Å². The largest absolute Gasteiger partial charge is 0.496 e. The van der Waals surface area contributed by atoms with Gasteiger partial charge in [0.25, 0.3) is 0 Å². The third-order valence-electron chi connectivity index (χ3n) is 6.74. The molecule has 2 atom stereocenters. The van der Waals surface area contributed by atoms with E-state index in [1.54, 1.807) is 21.3 Å². The van der Waals surface area contributed by atoms with Gasteiger partial charge in [-0.3, -0.25) is 14.4 Å². The summed E-state index contributed by atoms with van der Waals surface area (Å²) in [6, 6.07) is 3.77. The number of aromatic nitrogens is 3. The lowest BCUT2D eigenvalue weighted by molar-refractivity contribution is 0.288. The van der Waals surface area contributed by atoms with Crippen LogP contribution in [-0.4, -0.2) is 61.2 Å². The van der Waals surface area contributed by atoms with E-state index in [0.29, 0.717) is 30.5 Å². The first-order chi connectivity index (χ1) is 15.2. The fourth-order valence-corrected chi connectivity index (χ4v) is 5.01. The maximum atomic E-state index is 13.9. The van der Waals surface area contributed by atoms with E-state index in [4.69, 9.17) is 19.2 Å². The van der Waals surface area contributed by atoms with Crippen LogP contribution in [0, 0.1) is 5.92 Å². The summed E-state index contributed by atoms with van der Waals surface area (Å²) in [6.07, 6.45) is 6.09. The van der Waals surface area contributed by atoms with E-state index < -0.39 is 0 Å². The van der Waals surface area contributed by atoms with E-state index in [-0.39, 0.29) is 18.5 Å². The lowest BCUT2D eigenvalue weighted by Crippen LogP contribution is -2.21. The van der Waals surface area contributed by atoms with Crippen LogP contribution in [0.2, 0.25) is 0 Å². The van der Waals surface area contributed by atoms with Crippen molar-refractivity contribution in [3.05, 3.63) is 29.3 Å². The Kier molecular flexibility index (Phi) is 6.95. The van der Waals surface area contributed by atoms with E-state index in [1.165, 1.54) is 19.3 Å². The van der Waals surface area contributed by atoms with Crippen LogP contribution in [0.15, 0.2) is 12.1 Å². The van der Waals surface area contributed by atoms with Crippen LogP contribution in [0.3, 0.4) is 0 Å². The summed E-state index contributed by atoms with van der Waals surface area (Å²) in [4.78, 5) is 7.07. The molecule has 8 heteroatoms. The number of nitrogens with one attached hydrogen (secondary N) is 1. The van der Waals surface area contributed by atoms with Crippen LogP contribution in [0.1, 0.15) is 61.2 Å². The number of hydrogen-bond acceptors (Lipinski definition) is 6. The summed E-state index contributed by atoms with van der Waals surface area (Å²) >= 11 is 0. The fourth-order valence-electron chi connectivity index (χ4n) is 5.01. The monoisotopic (exact) mass is 432 g/mol. The molecule has 7 nitrogen and oxygen atoms in total. The van der Waals surface area contributed by atoms with E-state index in [0.717, 1.165) is 42.3 Å². The smallest absolute Gasteiger partial charge is 0.164 e. The van der Waals surface area contributed by atoms with Gasteiger partial charge in [0.15, 0.2) is 17.3 Å². The third kappa shape index (κ3) is 4.63. The highest BCUT2D eigenvalue weighted by atomic mass is 19.1. The molecule has 1 saturated carbocycles. The van der Waals surface area contributed by atoms with E-state index in [9.17, 15) is 4.39 Å². The van der Waals surface area contributed by atoms with Crippen LogP contribution < -0.4 is 14.2 Å². The van der Waals surface area contributed by atoms with Crippen molar-refractivity contribution in [3.63, 3.8) is 0 Å². The van der Waals surface area contributed by atoms with Crippen LogP contribution in [0.5, 0.6) is 17.2 Å². The van der Waals surface area contributed by atoms with Crippen molar-refractivity contribution in [2.75, 3.05) is 41.1 Å². The predicted octanol–water partition coefficient (Wildman–Crippen LogP) is 4.06. The van der Waals surface area contributed by atoms with Crippen molar-refractivity contribution in [2.45, 2.75) is 50.5 Å². The first-order valence-electron chi connectivity index (χ1n) is 11.2. The number of likely N-dealkylation sites (tertiary alicyclic amines) is 1. The van der Waals surface area contributed by atoms with Gasteiger partial charge in [-0.2, -0.15) is 5.10 Å². The molecule has 0 bridgehead atoms. The van der Waals surface area contributed by atoms with Gasteiger partial charge in [0.05, 0.1) is 28.0 Å². The van der Waals surface area contributed by atoms with Crippen molar-refractivity contribution < 1.29 is 18.6 Å². The lowest BCUT2D eigenvalue weighted by atomic mass is 9.89. The summed E-state index contributed by atoms with van der Waals surface area (Å²) in [5.74, 6) is 4.11. The maximum Gasteiger partial charge on any atom is 0.164 e. The van der Waals surface area contributed by atoms with E-state index >= 15 is 0 Å². The minimum atomic E-state index is -0.371. The molecule has 2 aliphatic rings. The molecule has 1 N–H and O–H groups in total. The molecule has 4 rings (SSSR count). The Morgan fingerprint density at radius 1 is 1.00 bits per heavy atom. The molecule has 2 fully saturated rings. The highest BCUT2D eigenvalue weighted by Gasteiger charge is 2.37. The number of nitrogens with zero attached hydrogens (tertiary/aromatic N) is 3. The number of rotatable bonds is 8. The van der Waals surface area contributed by atoms with Crippen molar-refractivity contribution in [2.24, 2.45) is 5.92 Å². The molecule has 1 aliphatic carbocycles. The molecule has 1 aromatic carbocycles. The average Bonchev–Trinajstić information content (AvgIpc) is 3.46. The van der Waals surface area contributed by atoms with Crippen LogP contribution in [0.25, 0.3) is 0 Å². The van der Waals surface area contributed by atoms with Gasteiger partial charge >= 0.3 is 0 Å². The molecule has 1 saturated heterocycles. The number of ether oxygens (including phenoxy) is 3. The number of halogens is 1. The molecule has 31 heavy (non-hydrogen) atoms. The second kappa shape index (κ2) is 9.85. The van der Waals surface area contributed by atoms with Crippen molar-refractivity contribution in [1.29, 1.82) is 0 Å². The second-order valence-electron chi connectivity index (χ2n) is 8.65. The van der Waals surface area contributed by atoms with Crippen LogP contribution in [-0.2, 0) is 6.54 Å². The summed E-state index contributed by atoms with van der Waals surface area (Å²) in [6.45, 7) is 1.66. The minimum absolute atomic E-state index is 0.0148. The zero-order valence-electron chi connectivity index (χ0n) is 18.7. The zero-order valence-corrected chi connectivity index (χ0v) is 18.7. The first kappa shape index (κ1) is 21.9. The van der Waals surface area contributed by atoms with Crippen molar-refractivity contribution in [3.8, 4) is 17.2 Å². The number of H-pyrrole nitrogens is 1. The Bertz CT molecular complexity index is 869. The van der Waals surface area contributed by atoms with Crippen molar-refractivity contribution >= 4 is 0 Å². The molecule has 2 aromatic rings. The highest BCUT2D eigenvalue weighted by Crippen LogP contribution is 2.38. The van der Waals surface area contributed by atoms with Gasteiger partial charge in [-0.25, -0.2) is 4.98 Å². The Morgan fingerprint density at radius 3 is 2.39 bits per heavy atom. The normalized spacial score (nSPS) is 22.6. The Labute approximate surface area is 183 Å². The van der Waals surface area contributed by atoms with Gasteiger partial charge in [0, 0.05) is 49.0 Å². The van der Waals surface area contributed by atoms with Crippen LogP contribution >= 0.6 is 0 Å². The number of hydrogen-bond donors (Lipinski definition) is 1. The molecule has 0 radical (unpaired) electrons. The van der Waals surface area contributed by atoms with Crippen molar-refractivity contribution in [1.82, 2.24) is 20.1 Å². The molecule has 0 unspecified atom stereocenters. The number of benzene rings is 1. The van der Waals surface area contributed by atoms with Gasteiger partial charge in [-0.15, -0.1) is 0 Å². The Balaban J connectivity index is 1.49. The molecule has 0 amide bonds. The van der Waals surface area contributed by atoms with Gasteiger partial charge in [-0.1, -0.05) is 19.3 Å². The zero-order chi connectivity index (χ0) is 21.8. The quantitative estimate of drug-likeness (QED) is 0.678. The number of alkyl halides is 1. The van der Waals surface area contributed by atoms with E-state index in [2.05, 4.69) is 15.1 Å². The van der Waals surface area contributed by atoms with Gasteiger partial charge in [-0.05, 0) is 18.9 Å². The average molecular weight is 433 g/mol. The molecule has 1 aromatic heterocycles. The van der Waals surface area contributed by atoms with Crippen LogP contribution in [0.4, 0.5) is 4.39 Å². The molecular weight excluding hydrogens is 399 g/mol. The summed E-state index contributed by atoms with van der Waals surface area (Å²) in [5.41, 5.74) is 0.985. The molecule has 1 aliphatic heterocycles. The highest BCUT2D eigenvalue weighted by molar-refractivity contribution is 5.50. The third-order valence-corrected chi connectivity index (χ3v) is 6.74. The fraction of sp³-hybridized carbons (Fsp3) is 0.652.